The third-order valence-electron chi connectivity index (χ3n) is 7.28. The van der Waals surface area contributed by atoms with Crippen molar-refractivity contribution < 1.29 is 9.13 Å². The molecule has 2 fully saturated rings. The summed E-state index contributed by atoms with van der Waals surface area (Å²) in [6.45, 7) is 2.29. The summed E-state index contributed by atoms with van der Waals surface area (Å²) in [7, 11) is 1.53. The van der Waals surface area contributed by atoms with Gasteiger partial charge in [0.25, 0.3) is 0 Å². The lowest BCUT2D eigenvalue weighted by atomic mass is 9.68. The average Bonchev–Trinajstić information content (AvgIpc) is 2.71. The van der Waals surface area contributed by atoms with E-state index in [1.54, 1.807) is 0 Å². The second-order valence-electron chi connectivity index (χ2n) is 8.87. The molecule has 1 aromatic rings. The van der Waals surface area contributed by atoms with Gasteiger partial charge in [-0.3, -0.25) is 0 Å². The van der Waals surface area contributed by atoms with Gasteiger partial charge in [-0.05, 0) is 73.8 Å². The second-order valence-corrected chi connectivity index (χ2v) is 9.25. The lowest BCUT2D eigenvalue weighted by Crippen LogP contribution is -2.25. The Bertz CT molecular complexity index is 586. The molecule has 3 heteroatoms. The number of rotatable bonds is 7. The number of ether oxygens (including phenoxy) is 1. The van der Waals surface area contributed by atoms with Gasteiger partial charge in [0, 0.05) is 0 Å². The van der Waals surface area contributed by atoms with Gasteiger partial charge in [-0.25, -0.2) is 4.39 Å². The van der Waals surface area contributed by atoms with Crippen LogP contribution in [0.15, 0.2) is 12.1 Å². The summed E-state index contributed by atoms with van der Waals surface area (Å²) in [6.07, 6.45) is 16.0. The molecule has 1 nitrogen and oxygen atoms in total. The number of hydrogen-bond acceptors (Lipinski definition) is 1. The van der Waals surface area contributed by atoms with Gasteiger partial charge in [-0.2, -0.15) is 0 Å². The van der Waals surface area contributed by atoms with Crippen LogP contribution in [-0.2, 0) is 0 Å². The van der Waals surface area contributed by atoms with E-state index in [0.717, 1.165) is 36.2 Å². The highest BCUT2D eigenvalue weighted by Crippen LogP contribution is 2.46. The fourth-order valence-corrected chi connectivity index (χ4v) is 5.80. The van der Waals surface area contributed by atoms with Crippen molar-refractivity contribution in [2.75, 3.05) is 7.11 Å². The SMILES string of the molecule is CCCCCC1CCC(C2CCC(c3ccc(OC)c(Cl)c3F)CC2)CC1. The molecule has 2 aliphatic carbocycles. The summed E-state index contributed by atoms with van der Waals surface area (Å²) in [4.78, 5) is 0. The second kappa shape index (κ2) is 10.1. The number of hydrogen-bond donors (Lipinski definition) is 0. The molecule has 0 aromatic heterocycles. The smallest absolute Gasteiger partial charge is 0.149 e. The van der Waals surface area contributed by atoms with Crippen LogP contribution in [0.2, 0.25) is 5.02 Å². The van der Waals surface area contributed by atoms with Crippen molar-refractivity contribution in [1.29, 1.82) is 0 Å². The number of benzene rings is 1. The molecule has 1 aromatic carbocycles. The van der Waals surface area contributed by atoms with Crippen molar-refractivity contribution in [1.82, 2.24) is 0 Å². The Kier molecular flexibility index (Phi) is 7.87. The van der Waals surface area contributed by atoms with Crippen molar-refractivity contribution in [3.8, 4) is 5.75 Å². The summed E-state index contributed by atoms with van der Waals surface area (Å²) in [5.74, 6) is 3.23. The Morgan fingerprint density at radius 2 is 1.59 bits per heavy atom. The van der Waals surface area contributed by atoms with Gasteiger partial charge in [0.15, 0.2) is 0 Å². The molecule has 0 unspecified atom stereocenters. The molecule has 2 aliphatic rings. The van der Waals surface area contributed by atoms with Crippen molar-refractivity contribution in [2.24, 2.45) is 17.8 Å². The van der Waals surface area contributed by atoms with Crippen LogP contribution in [0.4, 0.5) is 4.39 Å². The van der Waals surface area contributed by atoms with E-state index >= 15 is 0 Å². The molecular weight excluding hydrogens is 359 g/mol. The van der Waals surface area contributed by atoms with E-state index in [2.05, 4.69) is 6.92 Å². The van der Waals surface area contributed by atoms with Crippen LogP contribution in [0.1, 0.15) is 95.5 Å². The molecule has 0 spiro atoms. The molecule has 0 saturated heterocycles. The van der Waals surface area contributed by atoms with E-state index in [9.17, 15) is 4.39 Å². The minimum atomic E-state index is -0.271. The van der Waals surface area contributed by atoms with E-state index in [-0.39, 0.29) is 10.8 Å². The van der Waals surface area contributed by atoms with Crippen molar-refractivity contribution >= 4 is 11.6 Å². The Morgan fingerprint density at radius 1 is 0.963 bits per heavy atom. The first-order chi connectivity index (χ1) is 13.1. The zero-order valence-corrected chi connectivity index (χ0v) is 17.9. The molecule has 0 atom stereocenters. The van der Waals surface area contributed by atoms with Crippen molar-refractivity contribution in [2.45, 2.75) is 89.9 Å². The van der Waals surface area contributed by atoms with Crippen LogP contribution < -0.4 is 4.74 Å². The molecule has 3 rings (SSSR count). The van der Waals surface area contributed by atoms with Gasteiger partial charge in [0.2, 0.25) is 0 Å². The zero-order valence-electron chi connectivity index (χ0n) is 17.1. The Balaban J connectivity index is 1.48. The van der Waals surface area contributed by atoms with Crippen LogP contribution >= 0.6 is 11.6 Å². The monoisotopic (exact) mass is 394 g/mol. The van der Waals surface area contributed by atoms with Crippen LogP contribution in [0.3, 0.4) is 0 Å². The Hall–Kier alpha value is -0.760. The molecule has 0 N–H and O–H groups in total. The number of methoxy groups -OCH3 is 1. The normalized spacial score (nSPS) is 28.9. The molecule has 27 heavy (non-hydrogen) atoms. The van der Waals surface area contributed by atoms with Crippen molar-refractivity contribution in [3.63, 3.8) is 0 Å². The summed E-state index contributed by atoms with van der Waals surface area (Å²) in [5.41, 5.74) is 0.791. The maximum Gasteiger partial charge on any atom is 0.149 e. The first-order valence-corrected chi connectivity index (χ1v) is 11.5. The molecular formula is C24H36ClFO. The van der Waals surface area contributed by atoms with Gasteiger partial charge < -0.3 is 4.74 Å². The molecule has 0 bridgehead atoms. The van der Waals surface area contributed by atoms with E-state index in [1.807, 2.05) is 12.1 Å². The highest BCUT2D eigenvalue weighted by atomic mass is 35.5. The van der Waals surface area contributed by atoms with Crippen LogP contribution in [0.25, 0.3) is 0 Å². The van der Waals surface area contributed by atoms with E-state index in [4.69, 9.17) is 16.3 Å². The molecule has 0 aliphatic heterocycles. The summed E-state index contributed by atoms with van der Waals surface area (Å²) < 4.78 is 19.8. The topological polar surface area (TPSA) is 9.23 Å². The lowest BCUT2D eigenvalue weighted by Gasteiger charge is -2.38. The van der Waals surface area contributed by atoms with E-state index in [1.165, 1.54) is 71.3 Å². The van der Waals surface area contributed by atoms with Gasteiger partial charge >= 0.3 is 0 Å². The van der Waals surface area contributed by atoms with Crippen molar-refractivity contribution in [3.05, 3.63) is 28.5 Å². The first kappa shape index (κ1) is 21.0. The minimum absolute atomic E-state index is 0.138. The molecule has 0 amide bonds. The van der Waals surface area contributed by atoms with Crippen LogP contribution in [0.5, 0.6) is 5.75 Å². The lowest BCUT2D eigenvalue weighted by molar-refractivity contribution is 0.155. The minimum Gasteiger partial charge on any atom is -0.495 e. The Morgan fingerprint density at radius 3 is 2.19 bits per heavy atom. The molecule has 0 heterocycles. The number of halogens is 2. The standard InChI is InChI=1S/C24H36ClFO/c1-3-4-5-6-17-7-9-18(10-8-17)19-11-13-20(14-12-19)21-15-16-22(27-2)23(25)24(21)26/h15-20H,3-14H2,1-2H3. The van der Waals surface area contributed by atoms with Gasteiger partial charge in [0.05, 0.1) is 7.11 Å². The Labute approximate surface area is 170 Å². The molecule has 2 saturated carbocycles. The molecule has 0 radical (unpaired) electrons. The van der Waals surface area contributed by atoms with Gasteiger partial charge in [-0.1, -0.05) is 63.1 Å². The average molecular weight is 395 g/mol. The first-order valence-electron chi connectivity index (χ1n) is 11.2. The highest BCUT2D eigenvalue weighted by Gasteiger charge is 2.32. The predicted octanol–water partition coefficient (Wildman–Crippen LogP) is 8.15. The predicted molar refractivity (Wildman–Crippen MR) is 112 cm³/mol. The summed E-state index contributed by atoms with van der Waals surface area (Å²) >= 11 is 6.13. The summed E-state index contributed by atoms with van der Waals surface area (Å²) in [5, 5.41) is 0.138. The third-order valence-corrected chi connectivity index (χ3v) is 7.63. The maximum absolute atomic E-state index is 14.6. The quantitative estimate of drug-likeness (QED) is 0.424. The van der Waals surface area contributed by atoms with Crippen LogP contribution in [-0.4, -0.2) is 7.11 Å². The van der Waals surface area contributed by atoms with Gasteiger partial charge in [-0.15, -0.1) is 0 Å². The maximum atomic E-state index is 14.6. The largest absolute Gasteiger partial charge is 0.495 e. The fraction of sp³-hybridized carbons (Fsp3) is 0.750. The fourth-order valence-electron chi connectivity index (χ4n) is 5.55. The highest BCUT2D eigenvalue weighted by molar-refractivity contribution is 6.32. The molecule has 152 valence electrons. The summed E-state index contributed by atoms with van der Waals surface area (Å²) in [6, 6.07) is 3.69. The van der Waals surface area contributed by atoms with Gasteiger partial charge in [0.1, 0.15) is 16.6 Å². The number of unbranched alkanes of at least 4 members (excludes halogenated alkanes) is 2. The zero-order chi connectivity index (χ0) is 19.2. The van der Waals surface area contributed by atoms with E-state index < -0.39 is 0 Å². The van der Waals surface area contributed by atoms with E-state index in [0.29, 0.717) is 11.7 Å². The third kappa shape index (κ3) is 5.19. The van der Waals surface area contributed by atoms with Crippen LogP contribution in [0, 0.1) is 23.6 Å².